The topological polar surface area (TPSA) is 145 Å². The molecule has 152 valence electrons. The second kappa shape index (κ2) is 8.83. The van der Waals surface area contributed by atoms with Crippen LogP contribution in [0.1, 0.15) is 37.7 Å². The van der Waals surface area contributed by atoms with Crippen molar-refractivity contribution in [1.82, 2.24) is 20.4 Å². The molecule has 1 aromatic carbocycles. The number of para-hydroxylation sites is 1. The van der Waals surface area contributed by atoms with E-state index in [0.717, 1.165) is 11.9 Å². The molecule has 2 aromatic rings. The number of primary amides is 1. The van der Waals surface area contributed by atoms with Crippen LogP contribution in [0.5, 0.6) is 0 Å². The number of nitrogens with zero attached hydrogens (tertiary/aromatic N) is 2. The number of carbonyl (C=O) groups excluding carboxylic acids is 3. The zero-order valence-corrected chi connectivity index (χ0v) is 16.5. The van der Waals surface area contributed by atoms with Gasteiger partial charge in [0, 0.05) is 11.9 Å². The number of fused-ring (bicyclic) bond motifs is 1. The molecule has 9 heteroatoms. The van der Waals surface area contributed by atoms with Crippen LogP contribution < -0.4 is 22.1 Å². The van der Waals surface area contributed by atoms with Crippen molar-refractivity contribution in [2.45, 2.75) is 39.8 Å². The Labute approximate surface area is 163 Å². The first-order valence-electron chi connectivity index (χ1n) is 9.17. The van der Waals surface area contributed by atoms with Crippen molar-refractivity contribution in [3.63, 3.8) is 0 Å². The Bertz CT molecular complexity index is 868. The second-order valence-corrected chi connectivity index (χ2v) is 7.69. The van der Waals surface area contributed by atoms with Crippen LogP contribution in [0.2, 0.25) is 0 Å². The van der Waals surface area contributed by atoms with E-state index in [0.29, 0.717) is 18.5 Å². The van der Waals surface area contributed by atoms with Crippen LogP contribution >= 0.6 is 0 Å². The number of hydrogen-bond acceptors (Lipinski definition) is 5. The monoisotopic (exact) mass is 388 g/mol. The minimum Gasteiger partial charge on any atom is -0.368 e. The molecule has 1 atom stereocenters. The lowest BCUT2D eigenvalue weighted by molar-refractivity contribution is -0.128. The Morgan fingerprint density at radius 1 is 1.21 bits per heavy atom. The minimum absolute atomic E-state index is 0.240. The number of aromatic nitrogens is 2. The zero-order valence-electron chi connectivity index (χ0n) is 16.5. The molecule has 0 saturated carbocycles. The summed E-state index contributed by atoms with van der Waals surface area (Å²) in [5.74, 6) is -1.60. The van der Waals surface area contributed by atoms with E-state index in [1.54, 1.807) is 4.68 Å². The largest absolute Gasteiger partial charge is 0.368 e. The zero-order chi connectivity index (χ0) is 20.9. The first-order valence-corrected chi connectivity index (χ1v) is 9.17. The predicted octanol–water partition coefficient (Wildman–Crippen LogP) is 0.131. The molecule has 0 bridgehead atoms. The summed E-state index contributed by atoms with van der Waals surface area (Å²) >= 11 is 0. The van der Waals surface area contributed by atoms with Crippen molar-refractivity contribution in [2.24, 2.45) is 16.9 Å². The van der Waals surface area contributed by atoms with Gasteiger partial charge in [0.05, 0.1) is 12.1 Å². The van der Waals surface area contributed by atoms with E-state index in [1.165, 1.54) is 0 Å². The third kappa shape index (κ3) is 5.07. The van der Waals surface area contributed by atoms with Crippen molar-refractivity contribution in [2.75, 3.05) is 13.1 Å². The number of amides is 3. The Morgan fingerprint density at radius 3 is 2.50 bits per heavy atom. The third-order valence-corrected chi connectivity index (χ3v) is 4.29. The summed E-state index contributed by atoms with van der Waals surface area (Å²) in [6.07, 6.45) is 0.729. The normalized spacial score (nSPS) is 12.6. The fourth-order valence-corrected chi connectivity index (χ4v) is 2.86. The van der Waals surface area contributed by atoms with Gasteiger partial charge in [-0.15, -0.1) is 0 Å². The molecule has 0 radical (unpaired) electrons. The van der Waals surface area contributed by atoms with Crippen molar-refractivity contribution >= 4 is 28.6 Å². The van der Waals surface area contributed by atoms with E-state index in [-0.39, 0.29) is 12.2 Å². The summed E-state index contributed by atoms with van der Waals surface area (Å²) in [6.45, 7) is 6.27. The van der Waals surface area contributed by atoms with Crippen LogP contribution in [0.25, 0.3) is 10.9 Å². The van der Waals surface area contributed by atoms with Gasteiger partial charge in [0.25, 0.3) is 5.91 Å². The Kier molecular flexibility index (Phi) is 6.74. The Balaban J connectivity index is 2.30. The smallest absolute Gasteiger partial charge is 0.273 e. The average molecular weight is 388 g/mol. The molecule has 0 aliphatic carbocycles. The molecule has 6 N–H and O–H groups in total. The molecule has 0 saturated heterocycles. The van der Waals surface area contributed by atoms with Crippen LogP contribution in [0.3, 0.4) is 0 Å². The second-order valence-electron chi connectivity index (χ2n) is 7.69. The molecule has 0 spiro atoms. The standard InChI is InChI=1S/C19H28N6O3/c1-19(2,3)16(18(28)22-11-14(21)26)23-17(27)15-12-7-4-5-8-13(12)25(24-15)10-6-9-20/h4-5,7-8,16H,6,9-11,20H2,1-3H3,(H2,21,26)(H,22,28)(H,23,27). The highest BCUT2D eigenvalue weighted by Gasteiger charge is 2.34. The maximum atomic E-state index is 13.0. The number of aryl methyl sites for hydroxylation is 1. The Hall–Kier alpha value is -2.94. The van der Waals surface area contributed by atoms with Crippen molar-refractivity contribution < 1.29 is 14.4 Å². The third-order valence-electron chi connectivity index (χ3n) is 4.29. The van der Waals surface area contributed by atoms with Crippen LogP contribution in [0, 0.1) is 5.41 Å². The van der Waals surface area contributed by atoms with Crippen molar-refractivity contribution in [3.05, 3.63) is 30.0 Å². The number of nitrogens with two attached hydrogens (primary N) is 2. The minimum atomic E-state index is -0.868. The SMILES string of the molecule is CC(C)(C)C(NC(=O)c1nn(CCCN)c2ccccc12)C(=O)NCC(N)=O. The van der Waals surface area contributed by atoms with E-state index >= 15 is 0 Å². The van der Waals surface area contributed by atoms with Gasteiger partial charge < -0.3 is 22.1 Å². The van der Waals surface area contributed by atoms with Crippen LogP contribution in [0.15, 0.2) is 24.3 Å². The molecule has 0 aliphatic rings. The molecule has 0 fully saturated rings. The van der Waals surface area contributed by atoms with Gasteiger partial charge in [0.15, 0.2) is 5.69 Å². The van der Waals surface area contributed by atoms with E-state index < -0.39 is 29.2 Å². The van der Waals surface area contributed by atoms with Gasteiger partial charge in [-0.1, -0.05) is 39.0 Å². The summed E-state index contributed by atoms with van der Waals surface area (Å²) in [7, 11) is 0. The molecule has 1 aromatic heterocycles. The van der Waals surface area contributed by atoms with E-state index in [4.69, 9.17) is 11.5 Å². The summed E-state index contributed by atoms with van der Waals surface area (Å²) in [4.78, 5) is 36.4. The van der Waals surface area contributed by atoms with Gasteiger partial charge in [-0.05, 0) is 24.4 Å². The van der Waals surface area contributed by atoms with Crippen LogP contribution in [0.4, 0.5) is 0 Å². The molecular weight excluding hydrogens is 360 g/mol. The molecule has 2 rings (SSSR count). The summed E-state index contributed by atoms with van der Waals surface area (Å²) in [5, 5.41) is 10.3. The van der Waals surface area contributed by atoms with Crippen LogP contribution in [-0.4, -0.2) is 46.6 Å². The highest BCUT2D eigenvalue weighted by Crippen LogP contribution is 2.22. The summed E-state index contributed by atoms with van der Waals surface area (Å²) in [5.41, 5.74) is 11.1. The highest BCUT2D eigenvalue weighted by molar-refractivity contribution is 6.06. The fraction of sp³-hybridized carbons (Fsp3) is 0.474. The fourth-order valence-electron chi connectivity index (χ4n) is 2.86. The van der Waals surface area contributed by atoms with Gasteiger partial charge in [-0.2, -0.15) is 5.10 Å². The Morgan fingerprint density at radius 2 is 1.89 bits per heavy atom. The van der Waals surface area contributed by atoms with Gasteiger partial charge >= 0.3 is 0 Å². The number of rotatable bonds is 8. The van der Waals surface area contributed by atoms with Crippen molar-refractivity contribution in [3.8, 4) is 0 Å². The van der Waals surface area contributed by atoms with Gasteiger partial charge in [0.1, 0.15) is 6.04 Å². The molecular formula is C19H28N6O3. The molecule has 28 heavy (non-hydrogen) atoms. The average Bonchev–Trinajstić information content (AvgIpc) is 3.00. The first kappa shape index (κ1) is 21.4. The molecule has 3 amide bonds. The number of benzene rings is 1. The van der Waals surface area contributed by atoms with Gasteiger partial charge in [-0.25, -0.2) is 0 Å². The van der Waals surface area contributed by atoms with E-state index in [9.17, 15) is 14.4 Å². The lowest BCUT2D eigenvalue weighted by atomic mass is 9.86. The van der Waals surface area contributed by atoms with Gasteiger partial charge in [-0.3, -0.25) is 19.1 Å². The predicted molar refractivity (Wildman–Crippen MR) is 106 cm³/mol. The number of nitrogens with one attached hydrogen (secondary N) is 2. The van der Waals surface area contributed by atoms with Crippen molar-refractivity contribution in [1.29, 1.82) is 0 Å². The maximum absolute atomic E-state index is 13.0. The number of carbonyl (C=O) groups is 3. The maximum Gasteiger partial charge on any atom is 0.273 e. The van der Waals surface area contributed by atoms with E-state index in [2.05, 4.69) is 15.7 Å². The first-order chi connectivity index (χ1) is 13.1. The van der Waals surface area contributed by atoms with Gasteiger partial charge in [0.2, 0.25) is 11.8 Å². The van der Waals surface area contributed by atoms with Crippen LogP contribution in [-0.2, 0) is 16.1 Å². The lowest BCUT2D eigenvalue weighted by Crippen LogP contribution is -2.54. The number of hydrogen-bond donors (Lipinski definition) is 4. The van der Waals surface area contributed by atoms with E-state index in [1.807, 2.05) is 45.0 Å². The lowest BCUT2D eigenvalue weighted by Gasteiger charge is -2.30. The molecule has 0 aliphatic heterocycles. The quantitative estimate of drug-likeness (QED) is 0.508. The molecule has 9 nitrogen and oxygen atoms in total. The molecule has 1 heterocycles. The summed E-state index contributed by atoms with van der Waals surface area (Å²) < 4.78 is 1.75. The molecule has 1 unspecified atom stereocenters. The summed E-state index contributed by atoms with van der Waals surface area (Å²) in [6, 6.07) is 6.54. The highest BCUT2D eigenvalue weighted by atomic mass is 16.2.